The van der Waals surface area contributed by atoms with Crippen LogP contribution in [0, 0.1) is 36.4 Å². The van der Waals surface area contributed by atoms with E-state index in [0.29, 0.717) is 34.7 Å². The van der Waals surface area contributed by atoms with E-state index in [1.54, 1.807) is 24.5 Å². The molecule has 45 heavy (non-hydrogen) atoms. The Morgan fingerprint density at radius 1 is 1.09 bits per heavy atom. The Kier molecular flexibility index (Phi) is 5.80. The Morgan fingerprint density at radius 2 is 1.93 bits per heavy atom. The minimum absolute atomic E-state index is 0.125. The number of rotatable bonds is 7. The highest BCUT2D eigenvalue weighted by Crippen LogP contribution is 2.61. The Hall–Kier alpha value is -4.24. The van der Waals surface area contributed by atoms with E-state index < -0.39 is 11.7 Å². The van der Waals surface area contributed by atoms with Gasteiger partial charge in [0, 0.05) is 45.7 Å². The number of carbonyl (C=O) groups excluding carboxylic acids is 2. The number of thiophene rings is 1. The van der Waals surface area contributed by atoms with E-state index in [1.807, 2.05) is 18.2 Å². The lowest BCUT2D eigenvalue weighted by atomic mass is 9.53. The molecule has 3 aliphatic carbocycles. The fraction of sp³-hybridized carbons (Fsp3) is 0.361. The molecule has 5 aromatic rings. The third-order valence-electron chi connectivity index (χ3n) is 10.9. The number of nitrogens with zero attached hydrogens (tertiary/aromatic N) is 3. The van der Waals surface area contributed by atoms with Gasteiger partial charge in [-0.3, -0.25) is 9.59 Å². The summed E-state index contributed by atoms with van der Waals surface area (Å²) in [5, 5.41) is 2.05. The molecule has 9 rings (SSSR count). The summed E-state index contributed by atoms with van der Waals surface area (Å²) >= 11 is 1.70. The first-order valence-corrected chi connectivity index (χ1v) is 16.6. The Morgan fingerprint density at radius 3 is 2.64 bits per heavy atom. The number of pyridine rings is 1. The number of primary amides is 1. The van der Waals surface area contributed by atoms with Gasteiger partial charge in [0.2, 0.25) is 0 Å². The summed E-state index contributed by atoms with van der Waals surface area (Å²) in [6.45, 7) is 3.86. The highest BCUT2D eigenvalue weighted by Gasteiger charge is 2.61. The summed E-state index contributed by atoms with van der Waals surface area (Å²) in [6.07, 6.45) is 4.81. The summed E-state index contributed by atoms with van der Waals surface area (Å²) in [5.41, 5.74) is 10.1. The SMILES string of the molecule is COc1cc(C(=O)N2CC3CC4CC2[C@H]43)cc2sc(-c3cc4ccc(-c5ccc(C(N)=O)c(F)c5)nc4n3CC3CC3)c(C)c12. The number of hydrogen-bond acceptors (Lipinski definition) is 5. The molecule has 4 aliphatic rings. The van der Waals surface area contributed by atoms with Crippen LogP contribution in [0.1, 0.15) is 52.0 Å². The van der Waals surface area contributed by atoms with Crippen LogP contribution in [0.4, 0.5) is 4.39 Å². The van der Waals surface area contributed by atoms with Crippen molar-refractivity contribution in [2.75, 3.05) is 13.7 Å². The van der Waals surface area contributed by atoms with Crippen LogP contribution in [0.3, 0.4) is 0 Å². The average molecular weight is 621 g/mol. The first kappa shape index (κ1) is 27.1. The molecule has 0 bridgehead atoms. The Labute approximate surface area is 263 Å². The van der Waals surface area contributed by atoms with E-state index >= 15 is 0 Å². The number of amides is 2. The number of benzene rings is 2. The van der Waals surface area contributed by atoms with Crippen LogP contribution in [-0.4, -0.2) is 46.0 Å². The fourth-order valence-corrected chi connectivity index (χ4v) is 9.62. The van der Waals surface area contributed by atoms with Gasteiger partial charge in [0.1, 0.15) is 17.2 Å². The van der Waals surface area contributed by atoms with E-state index in [4.69, 9.17) is 15.5 Å². The number of aryl methyl sites for hydroxylation is 1. The molecule has 4 heterocycles. The number of halogens is 1. The molecule has 7 nitrogen and oxygen atoms in total. The summed E-state index contributed by atoms with van der Waals surface area (Å²) in [6, 6.07) is 14.9. The lowest BCUT2D eigenvalue weighted by Gasteiger charge is -2.52. The zero-order valence-corrected chi connectivity index (χ0v) is 26.0. The van der Waals surface area contributed by atoms with E-state index in [9.17, 15) is 14.0 Å². The molecular weight excluding hydrogens is 587 g/mol. The number of hydrogen-bond donors (Lipinski definition) is 1. The van der Waals surface area contributed by atoms with Crippen LogP contribution in [-0.2, 0) is 6.54 Å². The minimum Gasteiger partial charge on any atom is -0.496 e. The van der Waals surface area contributed by atoms with Gasteiger partial charge in [-0.15, -0.1) is 11.3 Å². The lowest BCUT2D eigenvalue weighted by molar-refractivity contribution is -0.0204. The maximum Gasteiger partial charge on any atom is 0.254 e. The molecule has 3 unspecified atom stereocenters. The first-order valence-electron chi connectivity index (χ1n) is 15.8. The number of aromatic nitrogens is 2. The van der Waals surface area contributed by atoms with Crippen LogP contribution < -0.4 is 10.5 Å². The number of ether oxygens (including phenoxy) is 1. The van der Waals surface area contributed by atoms with Crippen molar-refractivity contribution in [3.8, 4) is 27.6 Å². The summed E-state index contributed by atoms with van der Waals surface area (Å²) in [5.74, 6) is 2.26. The molecule has 4 fully saturated rings. The highest BCUT2D eigenvalue weighted by molar-refractivity contribution is 7.22. The molecule has 228 valence electrons. The topological polar surface area (TPSA) is 90.4 Å². The van der Waals surface area contributed by atoms with Crippen LogP contribution in [0.5, 0.6) is 5.75 Å². The number of nitrogens with two attached hydrogens (primary N) is 1. The van der Waals surface area contributed by atoms with Crippen molar-refractivity contribution in [2.24, 2.45) is 29.4 Å². The average Bonchev–Trinajstić information content (AvgIpc) is 3.69. The Balaban J connectivity index is 1.14. The second-order valence-corrected chi connectivity index (χ2v) is 14.5. The Bertz CT molecular complexity index is 2100. The van der Waals surface area contributed by atoms with Gasteiger partial charge >= 0.3 is 0 Å². The molecule has 1 aliphatic heterocycles. The minimum atomic E-state index is -0.795. The molecular formula is C36H33FN4O3S. The molecule has 2 amide bonds. The standard InChI is InChI=1S/C36H33FN4O3S/c1-17-31-29(44-2)13-22(36(43)41-16-23-9-21-12-27(41)32(21)23)14-30(31)45-33(17)28-11-20-6-8-26(39-35(20)40(28)15-18-3-4-18)19-5-7-24(34(38)42)25(37)10-19/h5-8,10-11,13-14,18,21,23,27,32H,3-4,9,12,15-16H2,1-2H3,(H2,38,42)/t21?,23?,27?,32-/m1/s1. The number of methoxy groups -OCH3 is 1. The van der Waals surface area contributed by atoms with Crippen LogP contribution >= 0.6 is 11.3 Å². The van der Waals surface area contributed by atoms with Gasteiger partial charge in [-0.25, -0.2) is 9.37 Å². The maximum absolute atomic E-state index is 14.7. The third-order valence-corrected chi connectivity index (χ3v) is 12.1. The van der Waals surface area contributed by atoms with Gasteiger partial charge < -0.3 is 19.9 Å². The number of fused-ring (bicyclic) bond motifs is 2. The molecule has 4 atom stereocenters. The van der Waals surface area contributed by atoms with Crippen molar-refractivity contribution < 1.29 is 18.7 Å². The zero-order valence-electron chi connectivity index (χ0n) is 25.2. The molecule has 3 aromatic heterocycles. The van der Waals surface area contributed by atoms with Crippen LogP contribution in [0.15, 0.2) is 48.5 Å². The highest BCUT2D eigenvalue weighted by atomic mass is 32.1. The molecule has 3 saturated carbocycles. The summed E-state index contributed by atoms with van der Waals surface area (Å²) < 4.78 is 23.9. The molecule has 9 heteroatoms. The molecule has 2 N–H and O–H groups in total. The monoisotopic (exact) mass is 620 g/mol. The van der Waals surface area contributed by atoms with Crippen LogP contribution in [0.2, 0.25) is 0 Å². The largest absolute Gasteiger partial charge is 0.496 e. The number of carbonyl (C=O) groups is 2. The molecule has 1 saturated heterocycles. The molecule has 0 spiro atoms. The van der Waals surface area contributed by atoms with Gasteiger partial charge in [0.25, 0.3) is 11.8 Å². The van der Waals surface area contributed by atoms with Crippen LogP contribution in [0.25, 0.3) is 42.9 Å². The predicted octanol–water partition coefficient (Wildman–Crippen LogP) is 7.03. The van der Waals surface area contributed by atoms with Gasteiger partial charge in [0.15, 0.2) is 0 Å². The number of likely N-dealkylation sites (tertiary alicyclic amines) is 1. The van der Waals surface area contributed by atoms with Crippen molar-refractivity contribution in [1.82, 2.24) is 14.5 Å². The van der Waals surface area contributed by atoms with Crippen molar-refractivity contribution in [2.45, 2.75) is 45.2 Å². The van der Waals surface area contributed by atoms with Crippen molar-refractivity contribution >= 4 is 44.3 Å². The van der Waals surface area contributed by atoms with E-state index in [-0.39, 0.29) is 11.5 Å². The van der Waals surface area contributed by atoms with Gasteiger partial charge in [-0.05, 0) is 104 Å². The van der Waals surface area contributed by atoms with E-state index in [0.717, 1.165) is 74.3 Å². The van der Waals surface area contributed by atoms with E-state index in [1.165, 1.54) is 31.4 Å². The third kappa shape index (κ3) is 4.02. The fourth-order valence-electron chi connectivity index (χ4n) is 8.33. The van der Waals surface area contributed by atoms with Gasteiger partial charge in [-0.1, -0.05) is 6.07 Å². The van der Waals surface area contributed by atoms with Gasteiger partial charge in [-0.2, -0.15) is 0 Å². The van der Waals surface area contributed by atoms with Crippen molar-refractivity contribution in [1.29, 1.82) is 0 Å². The second kappa shape index (κ2) is 9.63. The summed E-state index contributed by atoms with van der Waals surface area (Å²) in [4.78, 5) is 33.7. The van der Waals surface area contributed by atoms with Crippen molar-refractivity contribution in [3.63, 3.8) is 0 Å². The van der Waals surface area contributed by atoms with E-state index in [2.05, 4.69) is 28.5 Å². The van der Waals surface area contributed by atoms with Crippen molar-refractivity contribution in [3.05, 3.63) is 71.0 Å². The lowest BCUT2D eigenvalue weighted by Crippen LogP contribution is -2.53. The zero-order chi connectivity index (χ0) is 30.7. The first-order chi connectivity index (χ1) is 21.8. The maximum atomic E-state index is 14.7. The van der Waals surface area contributed by atoms with Gasteiger partial charge in [0.05, 0.1) is 28.9 Å². The second-order valence-electron chi connectivity index (χ2n) is 13.5. The predicted molar refractivity (Wildman–Crippen MR) is 173 cm³/mol. The normalized spacial score (nSPS) is 23.2. The molecule has 0 radical (unpaired) electrons. The molecule has 2 aromatic carbocycles. The smallest absolute Gasteiger partial charge is 0.254 e. The summed E-state index contributed by atoms with van der Waals surface area (Å²) in [7, 11) is 1.68. The quantitative estimate of drug-likeness (QED) is 0.212.